The summed E-state index contributed by atoms with van der Waals surface area (Å²) in [6, 6.07) is 12.1. The SMILES string of the molecule is Cc1nc(-c2cc(C(=O)N3CC(F)(c4ccc(C#N)cc4)C3)c(C)cc2C)c(C=N)[nH]1. The summed E-state index contributed by atoms with van der Waals surface area (Å²) in [5, 5.41) is 16.5. The van der Waals surface area contributed by atoms with Crippen molar-refractivity contribution >= 4 is 12.1 Å². The standard InChI is InChI=1S/C24H22FN5O/c1-14-8-15(2)20(9-19(14)22-21(11-27)28-16(3)29-22)23(31)30-12-24(25,13-30)18-6-4-17(10-26)5-7-18/h4-9,11,27H,12-13H2,1-3H3,(H,28,29). The molecule has 1 saturated heterocycles. The third kappa shape index (κ3) is 3.50. The van der Waals surface area contributed by atoms with Crippen LogP contribution in [0.3, 0.4) is 0 Å². The number of nitrogens with zero attached hydrogens (tertiary/aromatic N) is 3. The van der Waals surface area contributed by atoms with E-state index in [1.54, 1.807) is 30.3 Å². The number of H-pyrrole nitrogens is 1. The molecular weight excluding hydrogens is 393 g/mol. The summed E-state index contributed by atoms with van der Waals surface area (Å²) < 4.78 is 15.3. The predicted molar refractivity (Wildman–Crippen MR) is 116 cm³/mol. The minimum Gasteiger partial charge on any atom is -0.341 e. The Bertz CT molecular complexity index is 1230. The number of aromatic amines is 1. The molecule has 0 atom stereocenters. The Morgan fingerprint density at radius 2 is 1.90 bits per heavy atom. The third-order valence-corrected chi connectivity index (χ3v) is 5.75. The van der Waals surface area contributed by atoms with Crippen molar-refractivity contribution in [2.45, 2.75) is 26.4 Å². The zero-order valence-electron chi connectivity index (χ0n) is 17.6. The van der Waals surface area contributed by atoms with E-state index in [-0.39, 0.29) is 19.0 Å². The first kappa shape index (κ1) is 20.5. The maximum Gasteiger partial charge on any atom is 0.254 e. The molecule has 1 aliphatic rings. The summed E-state index contributed by atoms with van der Waals surface area (Å²) in [6.07, 6.45) is 1.21. The van der Waals surface area contributed by atoms with Crippen molar-refractivity contribution in [3.63, 3.8) is 0 Å². The summed E-state index contributed by atoms with van der Waals surface area (Å²) in [6.45, 7) is 5.55. The zero-order chi connectivity index (χ0) is 22.3. The fourth-order valence-electron chi connectivity index (χ4n) is 4.06. The molecule has 31 heavy (non-hydrogen) atoms. The molecule has 2 N–H and O–H groups in total. The Morgan fingerprint density at radius 1 is 1.23 bits per heavy atom. The second-order valence-electron chi connectivity index (χ2n) is 8.03. The number of benzene rings is 2. The normalized spacial score (nSPS) is 14.6. The topological polar surface area (TPSA) is 96.6 Å². The number of imidazole rings is 1. The molecule has 156 valence electrons. The lowest BCUT2D eigenvalue weighted by atomic mass is 9.86. The number of amides is 1. The van der Waals surface area contributed by atoms with E-state index in [0.29, 0.717) is 33.9 Å². The number of carbonyl (C=O) groups excluding carboxylic acids is 1. The van der Waals surface area contributed by atoms with Crippen LogP contribution in [0.2, 0.25) is 0 Å². The van der Waals surface area contributed by atoms with Gasteiger partial charge in [0.2, 0.25) is 0 Å². The van der Waals surface area contributed by atoms with Crippen LogP contribution in [-0.4, -0.2) is 40.1 Å². The van der Waals surface area contributed by atoms with E-state index in [2.05, 4.69) is 9.97 Å². The summed E-state index contributed by atoms with van der Waals surface area (Å²) in [4.78, 5) is 22.2. The summed E-state index contributed by atoms with van der Waals surface area (Å²) in [7, 11) is 0. The number of nitriles is 1. The molecule has 2 heterocycles. The molecule has 0 spiro atoms. The lowest BCUT2D eigenvalue weighted by Gasteiger charge is -2.45. The first-order valence-corrected chi connectivity index (χ1v) is 9.93. The summed E-state index contributed by atoms with van der Waals surface area (Å²) in [5.41, 5.74) is 3.57. The monoisotopic (exact) mass is 415 g/mol. The molecule has 4 rings (SSSR count). The van der Waals surface area contributed by atoms with Crippen LogP contribution in [0, 0.1) is 37.5 Å². The maximum absolute atomic E-state index is 15.3. The molecule has 6 nitrogen and oxygen atoms in total. The molecule has 3 aromatic rings. The lowest BCUT2D eigenvalue weighted by Crippen LogP contribution is -2.58. The van der Waals surface area contributed by atoms with Gasteiger partial charge < -0.3 is 15.3 Å². The molecule has 0 saturated carbocycles. The molecule has 0 bridgehead atoms. The van der Waals surface area contributed by atoms with Crippen LogP contribution in [0.15, 0.2) is 36.4 Å². The highest BCUT2D eigenvalue weighted by Gasteiger charge is 2.47. The Balaban J connectivity index is 1.61. The van der Waals surface area contributed by atoms with E-state index in [1.165, 1.54) is 11.1 Å². The molecule has 7 heteroatoms. The second kappa shape index (κ2) is 7.47. The van der Waals surface area contributed by atoms with E-state index >= 15 is 4.39 Å². The molecule has 0 radical (unpaired) electrons. The number of likely N-dealkylation sites (tertiary alicyclic amines) is 1. The van der Waals surface area contributed by atoms with Crippen molar-refractivity contribution < 1.29 is 9.18 Å². The van der Waals surface area contributed by atoms with Gasteiger partial charge in [0.1, 0.15) is 5.82 Å². The van der Waals surface area contributed by atoms with Gasteiger partial charge in [-0.2, -0.15) is 5.26 Å². The number of halogens is 1. The van der Waals surface area contributed by atoms with Gasteiger partial charge >= 0.3 is 0 Å². The Morgan fingerprint density at radius 3 is 2.52 bits per heavy atom. The average Bonchev–Trinajstić information content (AvgIpc) is 3.11. The minimum atomic E-state index is -1.61. The molecule has 1 aliphatic heterocycles. The smallest absolute Gasteiger partial charge is 0.254 e. The van der Waals surface area contributed by atoms with Crippen LogP contribution >= 0.6 is 0 Å². The fourth-order valence-corrected chi connectivity index (χ4v) is 4.06. The Labute approximate surface area is 179 Å². The second-order valence-corrected chi connectivity index (χ2v) is 8.03. The number of aryl methyl sites for hydroxylation is 3. The predicted octanol–water partition coefficient (Wildman–Crippen LogP) is 4.19. The minimum absolute atomic E-state index is 0.0341. The highest BCUT2D eigenvalue weighted by atomic mass is 19.1. The summed E-state index contributed by atoms with van der Waals surface area (Å²) in [5.74, 6) is 0.457. The van der Waals surface area contributed by atoms with E-state index in [1.807, 2.05) is 32.9 Å². The number of aromatic nitrogens is 2. The van der Waals surface area contributed by atoms with Gasteiger partial charge in [0.15, 0.2) is 5.67 Å². The summed E-state index contributed by atoms with van der Waals surface area (Å²) >= 11 is 0. The van der Waals surface area contributed by atoms with Crippen molar-refractivity contribution in [3.05, 3.63) is 75.7 Å². The first-order valence-electron chi connectivity index (χ1n) is 9.93. The molecule has 1 amide bonds. The molecule has 1 fully saturated rings. The van der Waals surface area contributed by atoms with Gasteiger partial charge in [-0.05, 0) is 55.7 Å². The van der Waals surface area contributed by atoms with Crippen LogP contribution in [0.4, 0.5) is 4.39 Å². The number of rotatable bonds is 4. The fraction of sp³-hybridized carbons (Fsp3) is 0.250. The van der Waals surface area contributed by atoms with Gasteiger partial charge in [0.25, 0.3) is 5.91 Å². The maximum atomic E-state index is 15.3. The average molecular weight is 415 g/mol. The van der Waals surface area contributed by atoms with Crippen molar-refractivity contribution in [1.29, 1.82) is 10.7 Å². The van der Waals surface area contributed by atoms with Gasteiger partial charge in [-0.1, -0.05) is 18.2 Å². The number of hydrogen-bond donors (Lipinski definition) is 2. The van der Waals surface area contributed by atoms with E-state index in [4.69, 9.17) is 10.7 Å². The Kier molecular flexibility index (Phi) is 4.94. The van der Waals surface area contributed by atoms with Crippen LogP contribution in [0.1, 0.15) is 44.1 Å². The Hall–Kier alpha value is -3.79. The van der Waals surface area contributed by atoms with Crippen LogP contribution in [-0.2, 0) is 5.67 Å². The zero-order valence-corrected chi connectivity index (χ0v) is 17.6. The highest BCUT2D eigenvalue weighted by molar-refractivity contribution is 5.98. The highest BCUT2D eigenvalue weighted by Crippen LogP contribution is 2.38. The number of alkyl halides is 1. The molecule has 1 aromatic heterocycles. The van der Waals surface area contributed by atoms with Crippen LogP contribution < -0.4 is 0 Å². The number of carbonyl (C=O) groups is 1. The first-order chi connectivity index (χ1) is 14.8. The van der Waals surface area contributed by atoms with Crippen LogP contribution in [0.5, 0.6) is 0 Å². The van der Waals surface area contributed by atoms with Gasteiger partial charge in [-0.3, -0.25) is 4.79 Å². The molecule has 0 aliphatic carbocycles. The van der Waals surface area contributed by atoms with E-state index in [9.17, 15) is 4.79 Å². The number of hydrogen-bond acceptors (Lipinski definition) is 4. The third-order valence-electron chi connectivity index (χ3n) is 5.75. The van der Waals surface area contributed by atoms with Crippen molar-refractivity contribution in [2.75, 3.05) is 13.1 Å². The van der Waals surface area contributed by atoms with Gasteiger partial charge in [-0.25, -0.2) is 9.37 Å². The quantitative estimate of drug-likeness (QED) is 0.625. The lowest BCUT2D eigenvalue weighted by molar-refractivity contribution is -0.0231. The van der Waals surface area contributed by atoms with Crippen molar-refractivity contribution in [3.8, 4) is 17.3 Å². The van der Waals surface area contributed by atoms with Crippen molar-refractivity contribution in [2.24, 2.45) is 0 Å². The van der Waals surface area contributed by atoms with Gasteiger partial charge in [-0.15, -0.1) is 0 Å². The van der Waals surface area contributed by atoms with Gasteiger partial charge in [0, 0.05) is 17.3 Å². The molecule has 2 aromatic carbocycles. The molecular formula is C24H22FN5O. The van der Waals surface area contributed by atoms with Crippen LogP contribution in [0.25, 0.3) is 11.3 Å². The van der Waals surface area contributed by atoms with E-state index in [0.717, 1.165) is 16.7 Å². The van der Waals surface area contributed by atoms with E-state index < -0.39 is 5.67 Å². The molecule has 0 unspecified atom stereocenters. The van der Waals surface area contributed by atoms with Gasteiger partial charge in [0.05, 0.1) is 36.1 Å². The number of nitrogens with one attached hydrogen (secondary N) is 2. The largest absolute Gasteiger partial charge is 0.341 e. The van der Waals surface area contributed by atoms with Crippen molar-refractivity contribution in [1.82, 2.24) is 14.9 Å².